The lowest BCUT2D eigenvalue weighted by molar-refractivity contribution is -0.121. The number of nitrogens with zero attached hydrogens (tertiary/aromatic N) is 3. The van der Waals surface area contributed by atoms with Gasteiger partial charge in [-0.3, -0.25) is 4.79 Å². The van der Waals surface area contributed by atoms with Crippen molar-refractivity contribution in [2.45, 2.75) is 11.3 Å². The zero-order chi connectivity index (χ0) is 26.8. The second-order valence-electron chi connectivity index (χ2n) is 8.37. The van der Waals surface area contributed by atoms with Crippen LogP contribution >= 0.6 is 0 Å². The quantitative estimate of drug-likeness (QED) is 0.289. The van der Waals surface area contributed by atoms with Crippen molar-refractivity contribution in [1.29, 1.82) is 0 Å². The van der Waals surface area contributed by atoms with E-state index in [2.05, 4.69) is 10.5 Å². The fourth-order valence-electron chi connectivity index (χ4n) is 3.54. The molecule has 0 bridgehead atoms. The number of hydrazone groups is 1. The summed E-state index contributed by atoms with van der Waals surface area (Å²) in [6.45, 7) is -0.301. The molecule has 0 heterocycles. The molecule has 1 N–H and O–H groups in total. The molecule has 0 fully saturated rings. The lowest BCUT2D eigenvalue weighted by atomic mass is 10.1. The summed E-state index contributed by atoms with van der Waals surface area (Å²) in [6.07, 6.45) is 1.94. The Bertz CT molecular complexity index is 1310. The van der Waals surface area contributed by atoms with E-state index in [-0.39, 0.29) is 17.2 Å². The Balaban J connectivity index is 1.77. The maximum Gasteiger partial charge on any atom is 0.255 e. The number of ether oxygens (including phenoxy) is 2. The summed E-state index contributed by atoms with van der Waals surface area (Å²) in [4.78, 5) is 14.7. The third-order valence-electron chi connectivity index (χ3n) is 5.62. The van der Waals surface area contributed by atoms with Gasteiger partial charge in [-0.15, -0.1) is 0 Å². The summed E-state index contributed by atoms with van der Waals surface area (Å²) < 4.78 is 38.7. The van der Waals surface area contributed by atoms with Crippen LogP contribution in [0.2, 0.25) is 0 Å². The Morgan fingerprint density at radius 3 is 2.24 bits per heavy atom. The number of carbonyl (C=O) groups is 1. The van der Waals surface area contributed by atoms with Crippen LogP contribution in [0.5, 0.6) is 11.5 Å². The van der Waals surface area contributed by atoms with Crippen LogP contribution < -0.4 is 19.8 Å². The number of amides is 1. The Kier molecular flexibility index (Phi) is 9.64. The molecule has 1 amide bonds. The number of carbonyl (C=O) groups excluding carboxylic acids is 1. The molecule has 10 heteroatoms. The molecule has 3 aromatic carbocycles. The zero-order valence-corrected chi connectivity index (χ0v) is 22.2. The van der Waals surface area contributed by atoms with Gasteiger partial charge >= 0.3 is 0 Å². The molecule has 0 unspecified atom stereocenters. The minimum atomic E-state index is -4.03. The van der Waals surface area contributed by atoms with Gasteiger partial charge in [0.15, 0.2) is 11.5 Å². The van der Waals surface area contributed by atoms with E-state index < -0.39 is 22.5 Å². The molecule has 37 heavy (non-hydrogen) atoms. The van der Waals surface area contributed by atoms with Crippen LogP contribution in [-0.2, 0) is 21.2 Å². The van der Waals surface area contributed by atoms with Gasteiger partial charge < -0.3 is 14.4 Å². The Labute approximate surface area is 218 Å². The molecule has 0 aromatic heterocycles. The molecule has 0 saturated heterocycles. The van der Waals surface area contributed by atoms with Gasteiger partial charge in [-0.1, -0.05) is 42.5 Å². The molecule has 9 nitrogen and oxygen atoms in total. The van der Waals surface area contributed by atoms with Crippen LogP contribution in [0, 0.1) is 0 Å². The minimum absolute atomic E-state index is 0.00417. The van der Waals surface area contributed by atoms with Crippen molar-refractivity contribution in [3.63, 3.8) is 0 Å². The predicted molar refractivity (Wildman–Crippen MR) is 145 cm³/mol. The molecular weight excluding hydrogens is 492 g/mol. The first kappa shape index (κ1) is 27.7. The van der Waals surface area contributed by atoms with Gasteiger partial charge in [0.05, 0.1) is 31.9 Å². The van der Waals surface area contributed by atoms with E-state index in [1.54, 1.807) is 0 Å². The van der Waals surface area contributed by atoms with E-state index in [1.165, 1.54) is 38.6 Å². The van der Waals surface area contributed by atoms with Crippen LogP contribution in [0.15, 0.2) is 82.8 Å². The summed E-state index contributed by atoms with van der Waals surface area (Å²) in [6, 6.07) is 21.4. The second-order valence-corrected chi connectivity index (χ2v) is 10.3. The van der Waals surface area contributed by atoms with Gasteiger partial charge in [-0.25, -0.2) is 13.8 Å². The van der Waals surface area contributed by atoms with Crippen molar-refractivity contribution in [2.24, 2.45) is 5.10 Å². The first-order valence-electron chi connectivity index (χ1n) is 11.6. The first-order chi connectivity index (χ1) is 17.7. The molecule has 3 rings (SSSR count). The molecule has 0 spiro atoms. The van der Waals surface area contributed by atoms with E-state index in [9.17, 15) is 13.2 Å². The molecule has 0 saturated carbocycles. The Morgan fingerprint density at radius 2 is 1.62 bits per heavy atom. The van der Waals surface area contributed by atoms with Gasteiger partial charge in [0, 0.05) is 32.4 Å². The van der Waals surface area contributed by atoms with Crippen LogP contribution in [0.25, 0.3) is 0 Å². The van der Waals surface area contributed by atoms with Crippen molar-refractivity contribution < 1.29 is 22.7 Å². The Hall–Kier alpha value is -3.89. The van der Waals surface area contributed by atoms with E-state index in [4.69, 9.17) is 9.47 Å². The highest BCUT2D eigenvalue weighted by Crippen LogP contribution is 2.30. The number of hydrogen-bond acceptors (Lipinski definition) is 7. The largest absolute Gasteiger partial charge is 0.493 e. The third-order valence-corrected chi connectivity index (χ3v) is 7.46. The van der Waals surface area contributed by atoms with Gasteiger partial charge in [0.25, 0.3) is 5.91 Å². The predicted octanol–water partition coefficient (Wildman–Crippen LogP) is 3.15. The highest BCUT2D eigenvalue weighted by atomic mass is 32.2. The number of methoxy groups -OCH3 is 2. The molecular formula is C27H32N4O5S. The number of rotatable bonds is 12. The topological polar surface area (TPSA) is 101 Å². The summed E-state index contributed by atoms with van der Waals surface area (Å²) in [5, 5.41) is 4.00. The summed E-state index contributed by atoms with van der Waals surface area (Å²) in [5.74, 6) is 0.127. The summed E-state index contributed by atoms with van der Waals surface area (Å²) in [7, 11) is 2.76. The fraction of sp³-hybridized carbons (Fsp3) is 0.259. The third kappa shape index (κ3) is 7.55. The van der Waals surface area contributed by atoms with Crippen molar-refractivity contribution >= 4 is 27.8 Å². The Morgan fingerprint density at radius 1 is 0.946 bits per heavy atom. The normalized spacial score (nSPS) is 11.5. The number of hydrogen-bond donors (Lipinski definition) is 1. The van der Waals surface area contributed by atoms with Crippen molar-refractivity contribution in [3.05, 3.63) is 83.9 Å². The highest BCUT2D eigenvalue weighted by Gasteiger charge is 2.27. The van der Waals surface area contributed by atoms with Crippen LogP contribution in [0.4, 0.5) is 5.69 Å². The van der Waals surface area contributed by atoms with E-state index >= 15 is 0 Å². The van der Waals surface area contributed by atoms with Crippen LogP contribution in [-0.4, -0.2) is 66.2 Å². The zero-order valence-electron chi connectivity index (χ0n) is 21.4. The van der Waals surface area contributed by atoms with Crippen molar-refractivity contribution in [1.82, 2.24) is 9.73 Å². The second kappa shape index (κ2) is 12.9. The van der Waals surface area contributed by atoms with E-state index in [0.717, 1.165) is 21.1 Å². The molecule has 196 valence electrons. The van der Waals surface area contributed by atoms with Gasteiger partial charge in [0.2, 0.25) is 10.0 Å². The highest BCUT2D eigenvalue weighted by molar-refractivity contribution is 7.89. The first-order valence-corrected chi connectivity index (χ1v) is 13.0. The maximum absolute atomic E-state index is 13.5. The lowest BCUT2D eigenvalue weighted by Crippen LogP contribution is -2.40. The number of benzene rings is 3. The number of nitrogens with one attached hydrogen (secondary N) is 1. The maximum atomic E-state index is 13.5. The van der Waals surface area contributed by atoms with Gasteiger partial charge in [-0.2, -0.15) is 9.41 Å². The number of sulfonamides is 1. The van der Waals surface area contributed by atoms with Crippen LogP contribution in [0.1, 0.15) is 11.1 Å². The lowest BCUT2D eigenvalue weighted by Gasteiger charge is -2.22. The SMILES string of the molecule is COc1ccc(S(=O)(=O)N(CCc2ccccc2)CC(=O)N/N=C\c2ccc(N(C)C)cc2)cc1OC. The average molecular weight is 525 g/mol. The summed E-state index contributed by atoms with van der Waals surface area (Å²) >= 11 is 0. The van der Waals surface area contributed by atoms with Crippen LogP contribution in [0.3, 0.4) is 0 Å². The minimum Gasteiger partial charge on any atom is -0.493 e. The molecule has 0 aliphatic rings. The molecule has 0 atom stereocenters. The molecule has 0 radical (unpaired) electrons. The van der Waals surface area contributed by atoms with Gasteiger partial charge in [-0.05, 0) is 41.8 Å². The van der Waals surface area contributed by atoms with Crippen molar-refractivity contribution in [2.75, 3.05) is 46.3 Å². The van der Waals surface area contributed by atoms with E-state index in [1.807, 2.05) is 73.6 Å². The average Bonchev–Trinajstić information content (AvgIpc) is 2.91. The standard InChI is InChI=1S/C27H32N4O5S/c1-30(2)23-12-10-22(11-13-23)19-28-29-27(32)20-31(17-16-21-8-6-5-7-9-21)37(33,34)24-14-15-25(35-3)26(18-24)36-4/h5-15,18-19H,16-17,20H2,1-4H3,(H,29,32)/b28-19-. The molecule has 3 aromatic rings. The monoisotopic (exact) mass is 524 g/mol. The smallest absolute Gasteiger partial charge is 0.255 e. The fourth-order valence-corrected chi connectivity index (χ4v) is 4.95. The number of anilines is 1. The van der Waals surface area contributed by atoms with Crippen molar-refractivity contribution in [3.8, 4) is 11.5 Å². The van der Waals surface area contributed by atoms with Gasteiger partial charge in [0.1, 0.15) is 0 Å². The summed E-state index contributed by atoms with van der Waals surface area (Å²) in [5.41, 5.74) is 5.22. The molecule has 0 aliphatic heterocycles. The molecule has 0 aliphatic carbocycles. The van der Waals surface area contributed by atoms with E-state index in [0.29, 0.717) is 12.2 Å².